The van der Waals surface area contributed by atoms with E-state index in [2.05, 4.69) is 39.6 Å². The van der Waals surface area contributed by atoms with Crippen molar-refractivity contribution < 1.29 is 9.59 Å². The van der Waals surface area contributed by atoms with Crippen LogP contribution in [-0.4, -0.2) is 40.8 Å². The summed E-state index contributed by atoms with van der Waals surface area (Å²) in [6, 6.07) is 4.31. The summed E-state index contributed by atoms with van der Waals surface area (Å²) in [4.78, 5) is 32.4. The molecule has 0 aromatic carbocycles. The zero-order valence-corrected chi connectivity index (χ0v) is 17.6. The zero-order valence-electron chi connectivity index (χ0n) is 16.7. The van der Waals surface area contributed by atoms with Gasteiger partial charge in [0.25, 0.3) is 5.91 Å². The molecule has 2 N–H and O–H groups in total. The minimum atomic E-state index is -0.166. The van der Waals surface area contributed by atoms with E-state index in [9.17, 15) is 9.59 Å². The van der Waals surface area contributed by atoms with Crippen LogP contribution >= 0.6 is 11.3 Å². The standard InChI is InChI=1S/C21H28N4O2S/c1-4-15-5-6-16(22-9-15)11-25-8-7-17-18(13-28-19(17)12-25)21(27)23-10-20(26)24-14(2)3/h5-6,9,13-14H,4,7-8,10-12H2,1-3H3,(H,23,27)(H,24,26). The van der Waals surface area contributed by atoms with Crippen LogP contribution in [0.2, 0.25) is 0 Å². The number of hydrogen-bond acceptors (Lipinski definition) is 5. The minimum absolute atomic E-state index is 0.00713. The highest BCUT2D eigenvalue weighted by Crippen LogP contribution is 2.29. The fourth-order valence-corrected chi connectivity index (χ4v) is 4.44. The molecule has 7 heteroatoms. The number of pyridine rings is 1. The Morgan fingerprint density at radius 2 is 2.14 bits per heavy atom. The van der Waals surface area contributed by atoms with E-state index < -0.39 is 0 Å². The molecule has 3 heterocycles. The second-order valence-corrected chi connectivity index (χ2v) is 8.39. The van der Waals surface area contributed by atoms with Gasteiger partial charge in [0, 0.05) is 42.1 Å². The van der Waals surface area contributed by atoms with Gasteiger partial charge in [0.15, 0.2) is 0 Å². The Hall–Kier alpha value is -2.25. The molecule has 1 aliphatic rings. The topological polar surface area (TPSA) is 74.3 Å². The Morgan fingerprint density at radius 3 is 2.82 bits per heavy atom. The van der Waals surface area contributed by atoms with Gasteiger partial charge < -0.3 is 10.6 Å². The molecule has 0 radical (unpaired) electrons. The van der Waals surface area contributed by atoms with Crippen molar-refractivity contribution in [3.8, 4) is 0 Å². The van der Waals surface area contributed by atoms with Gasteiger partial charge in [-0.25, -0.2) is 0 Å². The Bertz CT molecular complexity index is 829. The van der Waals surface area contributed by atoms with E-state index in [0.29, 0.717) is 5.56 Å². The van der Waals surface area contributed by atoms with Gasteiger partial charge in [-0.2, -0.15) is 0 Å². The predicted octanol–water partition coefficient (Wildman–Crippen LogP) is 2.52. The van der Waals surface area contributed by atoms with Gasteiger partial charge in [0.05, 0.1) is 17.8 Å². The highest BCUT2D eigenvalue weighted by Gasteiger charge is 2.24. The maximum atomic E-state index is 12.5. The number of aryl methyl sites for hydroxylation is 1. The van der Waals surface area contributed by atoms with Crippen LogP contribution in [-0.2, 0) is 30.7 Å². The Kier molecular flexibility index (Phi) is 6.80. The molecule has 2 amide bonds. The van der Waals surface area contributed by atoms with E-state index in [1.807, 2.05) is 25.4 Å². The van der Waals surface area contributed by atoms with Crippen molar-refractivity contribution in [1.29, 1.82) is 0 Å². The first-order valence-electron chi connectivity index (χ1n) is 9.79. The fourth-order valence-electron chi connectivity index (χ4n) is 3.32. The zero-order chi connectivity index (χ0) is 20.1. The maximum Gasteiger partial charge on any atom is 0.252 e. The largest absolute Gasteiger partial charge is 0.352 e. The molecule has 2 aromatic heterocycles. The summed E-state index contributed by atoms with van der Waals surface area (Å²) in [5.74, 6) is -0.332. The van der Waals surface area contributed by atoms with Gasteiger partial charge in [0.2, 0.25) is 5.91 Å². The molecule has 3 rings (SSSR count). The first-order chi connectivity index (χ1) is 13.5. The first-order valence-corrected chi connectivity index (χ1v) is 10.7. The molecule has 2 aromatic rings. The third-order valence-electron chi connectivity index (χ3n) is 4.81. The second kappa shape index (κ2) is 9.30. The summed E-state index contributed by atoms with van der Waals surface area (Å²) in [6.07, 6.45) is 3.79. The molecule has 28 heavy (non-hydrogen) atoms. The van der Waals surface area contributed by atoms with E-state index >= 15 is 0 Å². The first kappa shape index (κ1) is 20.5. The molecule has 0 saturated carbocycles. The van der Waals surface area contributed by atoms with Gasteiger partial charge >= 0.3 is 0 Å². The number of carbonyl (C=O) groups excluding carboxylic acids is 2. The average Bonchev–Trinajstić information content (AvgIpc) is 3.09. The van der Waals surface area contributed by atoms with Crippen LogP contribution < -0.4 is 10.6 Å². The fraction of sp³-hybridized carbons (Fsp3) is 0.476. The Balaban J connectivity index is 1.57. The maximum absolute atomic E-state index is 12.5. The molecule has 1 aliphatic heterocycles. The van der Waals surface area contributed by atoms with E-state index in [1.54, 1.807) is 11.3 Å². The van der Waals surface area contributed by atoms with Crippen molar-refractivity contribution in [1.82, 2.24) is 20.5 Å². The number of carbonyl (C=O) groups is 2. The third kappa shape index (κ3) is 5.17. The molecule has 0 unspecified atom stereocenters. The van der Waals surface area contributed by atoms with E-state index in [-0.39, 0.29) is 24.4 Å². The quantitative estimate of drug-likeness (QED) is 0.749. The van der Waals surface area contributed by atoms with Crippen LogP contribution in [0.5, 0.6) is 0 Å². The molecule has 0 atom stereocenters. The smallest absolute Gasteiger partial charge is 0.252 e. The van der Waals surface area contributed by atoms with Crippen LogP contribution in [0.4, 0.5) is 0 Å². The number of fused-ring (bicyclic) bond motifs is 1. The van der Waals surface area contributed by atoms with Crippen molar-refractivity contribution in [2.24, 2.45) is 0 Å². The normalized spacial score (nSPS) is 14.0. The van der Waals surface area contributed by atoms with E-state index in [0.717, 1.165) is 43.7 Å². The highest BCUT2D eigenvalue weighted by atomic mass is 32.1. The van der Waals surface area contributed by atoms with Crippen molar-refractivity contribution in [3.05, 3.63) is 51.0 Å². The van der Waals surface area contributed by atoms with Gasteiger partial charge in [-0.05, 0) is 43.9 Å². The number of nitrogens with one attached hydrogen (secondary N) is 2. The van der Waals surface area contributed by atoms with Gasteiger partial charge in [-0.3, -0.25) is 19.5 Å². The Labute approximate surface area is 170 Å². The molecule has 0 bridgehead atoms. The number of thiophene rings is 1. The SMILES string of the molecule is CCc1ccc(CN2CCc3c(C(=O)NCC(=O)NC(C)C)csc3C2)nc1. The molecular weight excluding hydrogens is 372 g/mol. The average molecular weight is 401 g/mol. The van der Waals surface area contributed by atoms with Crippen molar-refractivity contribution in [2.45, 2.75) is 52.7 Å². The van der Waals surface area contributed by atoms with Crippen molar-refractivity contribution in [3.63, 3.8) is 0 Å². The van der Waals surface area contributed by atoms with Crippen LogP contribution in [0.25, 0.3) is 0 Å². The molecule has 0 saturated heterocycles. The van der Waals surface area contributed by atoms with Crippen LogP contribution in [0.15, 0.2) is 23.7 Å². The Morgan fingerprint density at radius 1 is 1.32 bits per heavy atom. The number of rotatable bonds is 7. The number of nitrogens with zero attached hydrogens (tertiary/aromatic N) is 2. The molecular formula is C21H28N4O2S. The van der Waals surface area contributed by atoms with Crippen molar-refractivity contribution >= 4 is 23.2 Å². The molecule has 6 nitrogen and oxygen atoms in total. The van der Waals surface area contributed by atoms with E-state index in [4.69, 9.17) is 0 Å². The summed E-state index contributed by atoms with van der Waals surface area (Å²) < 4.78 is 0. The summed E-state index contributed by atoms with van der Waals surface area (Å²) in [7, 11) is 0. The van der Waals surface area contributed by atoms with E-state index in [1.165, 1.54) is 10.4 Å². The highest BCUT2D eigenvalue weighted by molar-refractivity contribution is 7.10. The number of hydrogen-bond donors (Lipinski definition) is 2. The lowest BCUT2D eigenvalue weighted by Crippen LogP contribution is -2.40. The third-order valence-corrected chi connectivity index (χ3v) is 5.82. The van der Waals surface area contributed by atoms with Gasteiger partial charge in [0.1, 0.15) is 0 Å². The number of amides is 2. The molecule has 0 spiro atoms. The van der Waals surface area contributed by atoms with Crippen LogP contribution in [0.3, 0.4) is 0 Å². The lowest BCUT2D eigenvalue weighted by atomic mass is 10.0. The van der Waals surface area contributed by atoms with Crippen LogP contribution in [0.1, 0.15) is 52.8 Å². The lowest BCUT2D eigenvalue weighted by Gasteiger charge is -2.27. The number of aromatic nitrogens is 1. The summed E-state index contributed by atoms with van der Waals surface area (Å²) in [6.45, 7) is 8.48. The van der Waals surface area contributed by atoms with Gasteiger partial charge in [-0.15, -0.1) is 11.3 Å². The summed E-state index contributed by atoms with van der Waals surface area (Å²) >= 11 is 1.62. The second-order valence-electron chi connectivity index (χ2n) is 7.43. The predicted molar refractivity (Wildman–Crippen MR) is 111 cm³/mol. The van der Waals surface area contributed by atoms with Crippen molar-refractivity contribution in [2.75, 3.05) is 13.1 Å². The lowest BCUT2D eigenvalue weighted by molar-refractivity contribution is -0.120. The van der Waals surface area contributed by atoms with Gasteiger partial charge in [-0.1, -0.05) is 13.0 Å². The van der Waals surface area contributed by atoms with Crippen LogP contribution in [0, 0.1) is 0 Å². The minimum Gasteiger partial charge on any atom is -0.352 e. The monoisotopic (exact) mass is 400 g/mol. The molecule has 150 valence electrons. The summed E-state index contributed by atoms with van der Waals surface area (Å²) in [5, 5.41) is 7.43. The molecule has 0 fully saturated rings. The summed E-state index contributed by atoms with van der Waals surface area (Å²) in [5.41, 5.74) is 4.16. The molecule has 0 aliphatic carbocycles.